The number of imide groups is 1. The summed E-state index contributed by atoms with van der Waals surface area (Å²) in [5.74, 6) is 0.207. The van der Waals surface area contributed by atoms with Crippen molar-refractivity contribution in [2.24, 2.45) is 23.7 Å². The molecule has 1 aromatic carbocycles. The van der Waals surface area contributed by atoms with Crippen LogP contribution in [0.25, 0.3) is 10.2 Å². The molecule has 150 valence electrons. The first-order chi connectivity index (χ1) is 14.0. The third kappa shape index (κ3) is 3.02. The number of fused-ring (bicyclic) bond motifs is 6. The van der Waals surface area contributed by atoms with E-state index in [9.17, 15) is 14.4 Å². The fourth-order valence-corrected chi connectivity index (χ4v) is 5.70. The molecule has 7 nitrogen and oxygen atoms in total. The van der Waals surface area contributed by atoms with Gasteiger partial charge in [-0.15, -0.1) is 0 Å². The number of rotatable bonds is 6. The molecular formula is C21H21N3O4S. The van der Waals surface area contributed by atoms with Gasteiger partial charge in [0.1, 0.15) is 5.75 Å². The summed E-state index contributed by atoms with van der Waals surface area (Å²) in [6.45, 7) is 2.63. The Bertz CT molecular complexity index is 1020. The molecule has 2 aliphatic carbocycles. The number of nitrogens with one attached hydrogen (secondary N) is 1. The first kappa shape index (κ1) is 18.3. The monoisotopic (exact) mass is 411 g/mol. The number of carbonyl (C=O) groups excluding carboxylic acids is 3. The Morgan fingerprint density at radius 3 is 2.66 bits per heavy atom. The first-order valence-corrected chi connectivity index (χ1v) is 10.7. The van der Waals surface area contributed by atoms with E-state index >= 15 is 0 Å². The smallest absolute Gasteiger partial charge is 0.233 e. The summed E-state index contributed by atoms with van der Waals surface area (Å²) < 4.78 is 6.41. The molecule has 5 rings (SSSR count). The van der Waals surface area contributed by atoms with Gasteiger partial charge in [-0.1, -0.05) is 23.5 Å². The average molecular weight is 411 g/mol. The molecule has 1 saturated carbocycles. The van der Waals surface area contributed by atoms with E-state index in [1.165, 1.54) is 16.2 Å². The van der Waals surface area contributed by atoms with E-state index in [0.717, 1.165) is 22.4 Å². The van der Waals surface area contributed by atoms with Crippen LogP contribution < -0.4 is 10.1 Å². The van der Waals surface area contributed by atoms with Crippen LogP contribution in [0.4, 0.5) is 5.13 Å². The van der Waals surface area contributed by atoms with Gasteiger partial charge in [0.15, 0.2) is 5.13 Å². The Morgan fingerprint density at radius 2 is 1.97 bits per heavy atom. The van der Waals surface area contributed by atoms with Crippen molar-refractivity contribution in [2.75, 3.05) is 18.5 Å². The fourth-order valence-electron chi connectivity index (χ4n) is 4.79. The van der Waals surface area contributed by atoms with Gasteiger partial charge in [0, 0.05) is 13.0 Å². The summed E-state index contributed by atoms with van der Waals surface area (Å²) in [5.41, 5.74) is 0.787. The minimum absolute atomic E-state index is 0.0692. The molecule has 1 aliphatic heterocycles. The van der Waals surface area contributed by atoms with E-state index in [2.05, 4.69) is 22.5 Å². The van der Waals surface area contributed by atoms with Crippen molar-refractivity contribution in [2.45, 2.75) is 19.8 Å². The Labute approximate surface area is 171 Å². The highest BCUT2D eigenvalue weighted by Gasteiger charge is 2.59. The van der Waals surface area contributed by atoms with Crippen LogP contribution in [0.3, 0.4) is 0 Å². The predicted molar refractivity (Wildman–Crippen MR) is 108 cm³/mol. The Morgan fingerprint density at radius 1 is 1.24 bits per heavy atom. The number of amides is 3. The van der Waals surface area contributed by atoms with Gasteiger partial charge in [-0.3, -0.25) is 19.3 Å². The average Bonchev–Trinajstić information content (AvgIpc) is 3.44. The zero-order chi connectivity index (χ0) is 20.1. The van der Waals surface area contributed by atoms with Crippen LogP contribution in [-0.2, 0) is 14.4 Å². The molecule has 1 N–H and O–H groups in total. The van der Waals surface area contributed by atoms with Crippen molar-refractivity contribution < 1.29 is 19.1 Å². The maximum atomic E-state index is 12.7. The summed E-state index contributed by atoms with van der Waals surface area (Å²) in [7, 11) is 0. The van der Waals surface area contributed by atoms with Crippen molar-refractivity contribution in [3.05, 3.63) is 30.4 Å². The molecule has 2 bridgehead atoms. The van der Waals surface area contributed by atoms with Gasteiger partial charge in [-0.2, -0.15) is 0 Å². The summed E-state index contributed by atoms with van der Waals surface area (Å²) in [6, 6.07) is 5.60. The van der Waals surface area contributed by atoms with Crippen LogP contribution in [0.15, 0.2) is 30.4 Å². The van der Waals surface area contributed by atoms with Crippen molar-refractivity contribution >= 4 is 44.4 Å². The molecule has 8 heteroatoms. The lowest BCUT2D eigenvalue weighted by Crippen LogP contribution is -2.35. The molecule has 0 radical (unpaired) electrons. The second-order valence-corrected chi connectivity index (χ2v) is 8.74. The molecule has 0 spiro atoms. The molecule has 29 heavy (non-hydrogen) atoms. The van der Waals surface area contributed by atoms with Crippen molar-refractivity contribution in [3.63, 3.8) is 0 Å². The van der Waals surface area contributed by atoms with Crippen LogP contribution in [0.2, 0.25) is 0 Å². The topological polar surface area (TPSA) is 88.6 Å². The summed E-state index contributed by atoms with van der Waals surface area (Å²) >= 11 is 1.37. The number of allylic oxidation sites excluding steroid dienone is 2. The number of hydrogen-bond acceptors (Lipinski definition) is 6. The van der Waals surface area contributed by atoms with Gasteiger partial charge in [0.05, 0.1) is 28.7 Å². The van der Waals surface area contributed by atoms with E-state index < -0.39 is 0 Å². The molecule has 2 fully saturated rings. The predicted octanol–water partition coefficient (Wildman–Crippen LogP) is 2.83. The van der Waals surface area contributed by atoms with Crippen LogP contribution in [0.5, 0.6) is 5.75 Å². The molecule has 0 unspecified atom stereocenters. The molecular weight excluding hydrogens is 390 g/mol. The SMILES string of the molecule is CCOc1ccc2nc(NC(=O)CCN3C(=O)[C@@H]4[C@@H](C3=O)[C@H]3C=C[C@H]4C3)sc2c1. The Hall–Kier alpha value is -2.74. The van der Waals surface area contributed by atoms with Gasteiger partial charge in [0.25, 0.3) is 0 Å². The zero-order valence-corrected chi connectivity index (χ0v) is 16.8. The number of benzene rings is 1. The number of nitrogens with zero attached hydrogens (tertiary/aromatic N) is 2. The normalized spacial score (nSPS) is 27.1. The third-order valence-corrected chi connectivity index (χ3v) is 6.97. The standard InChI is InChI=1S/C21H21N3O4S/c1-2-28-13-5-6-14-15(10-13)29-21(22-14)23-16(25)7-8-24-19(26)17-11-3-4-12(9-11)18(17)20(24)27/h3-6,10-12,17-18H,2,7-9H2,1H3,(H,22,23,25)/t11-,12-,17-,18-/m0/s1. The lowest BCUT2D eigenvalue weighted by atomic mass is 9.85. The quantitative estimate of drug-likeness (QED) is 0.583. The van der Waals surface area contributed by atoms with Gasteiger partial charge in [-0.05, 0) is 43.4 Å². The van der Waals surface area contributed by atoms with Gasteiger partial charge >= 0.3 is 0 Å². The second-order valence-electron chi connectivity index (χ2n) is 7.71. The summed E-state index contributed by atoms with van der Waals surface area (Å²) in [5, 5.41) is 3.28. The van der Waals surface area contributed by atoms with E-state index in [1.54, 1.807) is 0 Å². The molecule has 4 atom stereocenters. The zero-order valence-electron chi connectivity index (χ0n) is 16.0. The van der Waals surface area contributed by atoms with E-state index in [1.807, 2.05) is 25.1 Å². The van der Waals surface area contributed by atoms with Crippen LogP contribution in [0, 0.1) is 23.7 Å². The summed E-state index contributed by atoms with van der Waals surface area (Å²) in [4.78, 5) is 43.4. The highest BCUT2D eigenvalue weighted by Crippen LogP contribution is 2.52. The molecule has 1 aromatic heterocycles. The number of aromatic nitrogens is 1. The van der Waals surface area contributed by atoms with Gasteiger partial charge in [-0.25, -0.2) is 4.98 Å². The van der Waals surface area contributed by atoms with Gasteiger partial charge < -0.3 is 10.1 Å². The number of hydrogen-bond donors (Lipinski definition) is 1. The maximum absolute atomic E-state index is 12.7. The highest BCUT2D eigenvalue weighted by molar-refractivity contribution is 7.22. The second kappa shape index (κ2) is 6.95. The van der Waals surface area contributed by atoms with E-state index in [4.69, 9.17) is 4.74 Å². The van der Waals surface area contributed by atoms with E-state index in [-0.39, 0.29) is 54.4 Å². The van der Waals surface area contributed by atoms with Crippen molar-refractivity contribution in [3.8, 4) is 5.75 Å². The largest absolute Gasteiger partial charge is 0.494 e. The molecule has 3 aliphatic rings. The number of carbonyl (C=O) groups is 3. The number of ether oxygens (including phenoxy) is 1. The van der Waals surface area contributed by atoms with Crippen molar-refractivity contribution in [1.82, 2.24) is 9.88 Å². The Balaban J connectivity index is 1.21. The minimum Gasteiger partial charge on any atom is -0.494 e. The fraction of sp³-hybridized carbons (Fsp3) is 0.429. The van der Waals surface area contributed by atoms with Crippen LogP contribution in [0.1, 0.15) is 19.8 Å². The molecule has 2 aromatic rings. The first-order valence-electron chi connectivity index (χ1n) is 9.92. The lowest BCUT2D eigenvalue weighted by Gasteiger charge is -2.16. The molecule has 2 heterocycles. The van der Waals surface area contributed by atoms with Gasteiger partial charge in [0.2, 0.25) is 17.7 Å². The van der Waals surface area contributed by atoms with E-state index in [0.29, 0.717) is 11.7 Å². The Kier molecular flexibility index (Phi) is 4.38. The van der Waals surface area contributed by atoms with Crippen LogP contribution >= 0.6 is 11.3 Å². The number of thiazole rings is 1. The lowest BCUT2D eigenvalue weighted by molar-refractivity contribution is -0.140. The third-order valence-electron chi connectivity index (χ3n) is 6.04. The highest BCUT2D eigenvalue weighted by atomic mass is 32.1. The van der Waals surface area contributed by atoms with Crippen LogP contribution in [-0.4, -0.2) is 40.8 Å². The van der Waals surface area contributed by atoms with Crippen molar-refractivity contribution in [1.29, 1.82) is 0 Å². The summed E-state index contributed by atoms with van der Waals surface area (Å²) in [6.07, 6.45) is 5.11. The maximum Gasteiger partial charge on any atom is 0.233 e. The molecule has 3 amide bonds. The molecule has 1 saturated heterocycles. The number of likely N-dealkylation sites (tertiary alicyclic amines) is 1. The minimum atomic E-state index is -0.257. The number of anilines is 1.